The van der Waals surface area contributed by atoms with Gasteiger partial charge in [0.05, 0.1) is 39.6 Å². The second-order valence-corrected chi connectivity index (χ2v) is 8.38. The number of amides is 2. The molecule has 0 spiro atoms. The van der Waals surface area contributed by atoms with Gasteiger partial charge in [0.2, 0.25) is 5.91 Å². The summed E-state index contributed by atoms with van der Waals surface area (Å²) in [6.07, 6.45) is 1.53. The highest BCUT2D eigenvalue weighted by molar-refractivity contribution is 6.04. The summed E-state index contributed by atoms with van der Waals surface area (Å²) in [5, 5.41) is 14.3. The molecular weight excluding hydrogens is 456 g/mol. The van der Waals surface area contributed by atoms with Gasteiger partial charge in [0.15, 0.2) is 0 Å². The van der Waals surface area contributed by atoms with Crippen molar-refractivity contribution in [2.24, 2.45) is 5.73 Å². The van der Waals surface area contributed by atoms with Crippen LogP contribution in [0.2, 0.25) is 0 Å². The fourth-order valence-corrected chi connectivity index (χ4v) is 2.64. The van der Waals surface area contributed by atoms with Crippen molar-refractivity contribution in [1.82, 2.24) is 14.5 Å². The highest BCUT2D eigenvalue weighted by atomic mass is 16.5. The van der Waals surface area contributed by atoms with E-state index in [2.05, 4.69) is 15.6 Å². The molecule has 0 aliphatic rings. The highest BCUT2D eigenvalue weighted by Crippen LogP contribution is 2.13. The van der Waals surface area contributed by atoms with E-state index in [1.165, 1.54) is 48.0 Å². The number of anilines is 2. The standard InChI is InChI=1S/C23H34N6O6/c1-23(24,16-30)21(32)25-18-6-4-17(5-7-18)20(31)26-19-8-9-29(22(33)27-19)11-13-35-15-14-34-12-10-28(2)3/h4-9,30H,10-16,24H2,1-3H3,(H,25,32)(H,26,27,31,33). The number of carbonyl (C=O) groups is 2. The SMILES string of the molecule is CN(C)CCOCCOCCn1ccc(NC(=O)c2ccc(NC(=O)C(C)(N)CO)cc2)nc1=O. The molecular formula is C23H34N6O6. The Bertz CT molecular complexity index is 1020. The summed E-state index contributed by atoms with van der Waals surface area (Å²) in [4.78, 5) is 42.6. The van der Waals surface area contributed by atoms with Crippen LogP contribution in [0.15, 0.2) is 41.3 Å². The first kappa shape index (κ1) is 28.1. The zero-order valence-electron chi connectivity index (χ0n) is 20.3. The fourth-order valence-electron chi connectivity index (χ4n) is 2.64. The Morgan fingerprint density at radius 3 is 2.34 bits per heavy atom. The number of aromatic nitrogens is 2. The van der Waals surface area contributed by atoms with Gasteiger partial charge in [0.25, 0.3) is 5.91 Å². The molecule has 0 radical (unpaired) electrons. The molecule has 2 amide bonds. The van der Waals surface area contributed by atoms with Crippen LogP contribution >= 0.6 is 0 Å². The van der Waals surface area contributed by atoms with Crippen molar-refractivity contribution < 1.29 is 24.2 Å². The molecule has 5 N–H and O–H groups in total. The number of aliphatic hydroxyl groups excluding tert-OH is 1. The van der Waals surface area contributed by atoms with E-state index in [-0.39, 0.29) is 5.82 Å². The average molecular weight is 491 g/mol. The second kappa shape index (κ2) is 13.7. The Kier molecular flexibility index (Phi) is 11.0. The third-order valence-corrected chi connectivity index (χ3v) is 4.90. The van der Waals surface area contributed by atoms with Crippen molar-refractivity contribution in [3.63, 3.8) is 0 Å². The van der Waals surface area contributed by atoms with E-state index < -0.39 is 29.6 Å². The molecule has 0 aliphatic heterocycles. The van der Waals surface area contributed by atoms with Gasteiger partial charge < -0.3 is 35.8 Å². The minimum atomic E-state index is -1.42. The van der Waals surface area contributed by atoms with Gasteiger partial charge in [-0.3, -0.25) is 14.2 Å². The van der Waals surface area contributed by atoms with E-state index >= 15 is 0 Å². The molecule has 1 aromatic carbocycles. The number of benzene rings is 1. The summed E-state index contributed by atoms with van der Waals surface area (Å²) in [5.41, 5.74) is 4.46. The van der Waals surface area contributed by atoms with Gasteiger partial charge in [0.1, 0.15) is 11.4 Å². The van der Waals surface area contributed by atoms with Crippen LogP contribution in [0.1, 0.15) is 17.3 Å². The van der Waals surface area contributed by atoms with E-state index in [9.17, 15) is 14.4 Å². The number of nitrogens with one attached hydrogen (secondary N) is 2. The fraction of sp³-hybridized carbons (Fsp3) is 0.478. The molecule has 0 fully saturated rings. The predicted molar refractivity (Wildman–Crippen MR) is 131 cm³/mol. The Labute approximate surface area is 204 Å². The Balaban J connectivity index is 1.80. The monoisotopic (exact) mass is 490 g/mol. The first-order valence-electron chi connectivity index (χ1n) is 11.1. The lowest BCUT2D eigenvalue weighted by Crippen LogP contribution is -2.51. The lowest BCUT2D eigenvalue weighted by atomic mass is 10.0. The zero-order valence-corrected chi connectivity index (χ0v) is 20.3. The molecule has 1 atom stereocenters. The Morgan fingerprint density at radius 2 is 1.74 bits per heavy atom. The number of aliphatic hydroxyl groups is 1. The molecule has 12 heteroatoms. The van der Waals surface area contributed by atoms with Crippen molar-refractivity contribution in [1.29, 1.82) is 0 Å². The van der Waals surface area contributed by atoms with E-state index in [0.29, 0.717) is 44.2 Å². The van der Waals surface area contributed by atoms with Crippen LogP contribution in [-0.2, 0) is 20.8 Å². The molecule has 1 heterocycles. The normalized spacial score (nSPS) is 12.9. The first-order valence-corrected chi connectivity index (χ1v) is 11.1. The molecule has 0 saturated carbocycles. The average Bonchev–Trinajstić information content (AvgIpc) is 2.82. The van der Waals surface area contributed by atoms with Crippen LogP contribution in [-0.4, -0.2) is 90.6 Å². The second-order valence-electron chi connectivity index (χ2n) is 8.38. The molecule has 0 bridgehead atoms. The zero-order chi connectivity index (χ0) is 25.8. The largest absolute Gasteiger partial charge is 0.394 e. The predicted octanol–water partition coefficient (Wildman–Crippen LogP) is -0.261. The third-order valence-electron chi connectivity index (χ3n) is 4.90. The molecule has 1 unspecified atom stereocenters. The maximum absolute atomic E-state index is 12.5. The molecule has 35 heavy (non-hydrogen) atoms. The molecule has 12 nitrogen and oxygen atoms in total. The summed E-state index contributed by atoms with van der Waals surface area (Å²) < 4.78 is 12.3. The molecule has 0 aliphatic carbocycles. The number of nitrogens with two attached hydrogens (primary N) is 1. The first-order chi connectivity index (χ1) is 16.6. The van der Waals surface area contributed by atoms with Gasteiger partial charge in [0, 0.05) is 24.0 Å². The lowest BCUT2D eigenvalue weighted by Gasteiger charge is -2.20. The van der Waals surface area contributed by atoms with Gasteiger partial charge in [-0.25, -0.2) is 4.79 Å². The van der Waals surface area contributed by atoms with Crippen molar-refractivity contribution in [3.05, 3.63) is 52.6 Å². The number of likely N-dealkylation sites (N-methyl/N-ethyl adjacent to an activating group) is 1. The van der Waals surface area contributed by atoms with Crippen molar-refractivity contribution in [3.8, 4) is 0 Å². The van der Waals surface area contributed by atoms with E-state index in [1.54, 1.807) is 0 Å². The van der Waals surface area contributed by atoms with Crippen LogP contribution in [0, 0.1) is 0 Å². The van der Waals surface area contributed by atoms with Crippen molar-refractivity contribution in [2.45, 2.75) is 19.0 Å². The number of rotatable bonds is 14. The molecule has 2 aromatic rings. The van der Waals surface area contributed by atoms with Crippen molar-refractivity contribution in [2.75, 3.05) is 64.3 Å². The van der Waals surface area contributed by atoms with Gasteiger partial charge in [-0.1, -0.05) is 0 Å². The summed E-state index contributed by atoms with van der Waals surface area (Å²) in [6, 6.07) is 7.58. The van der Waals surface area contributed by atoms with E-state index in [0.717, 1.165) is 6.54 Å². The minimum absolute atomic E-state index is 0.116. The molecule has 1 aromatic heterocycles. The van der Waals surface area contributed by atoms with Gasteiger partial charge in [-0.2, -0.15) is 4.98 Å². The highest BCUT2D eigenvalue weighted by Gasteiger charge is 2.27. The minimum Gasteiger partial charge on any atom is -0.394 e. The lowest BCUT2D eigenvalue weighted by molar-refractivity contribution is -0.121. The third kappa shape index (κ3) is 9.54. The number of hydrogen-bond acceptors (Lipinski definition) is 9. The van der Waals surface area contributed by atoms with Crippen LogP contribution in [0.5, 0.6) is 0 Å². The molecule has 2 rings (SSSR count). The Hall–Kier alpha value is -3.16. The maximum atomic E-state index is 12.5. The number of hydrogen-bond donors (Lipinski definition) is 4. The smallest absolute Gasteiger partial charge is 0.349 e. The maximum Gasteiger partial charge on any atom is 0.349 e. The number of ether oxygens (including phenoxy) is 2. The van der Waals surface area contributed by atoms with E-state index in [1.807, 2.05) is 19.0 Å². The van der Waals surface area contributed by atoms with Crippen LogP contribution in [0.25, 0.3) is 0 Å². The number of carbonyl (C=O) groups excluding carboxylic acids is 2. The van der Waals surface area contributed by atoms with Crippen LogP contribution < -0.4 is 22.1 Å². The van der Waals surface area contributed by atoms with Gasteiger partial charge in [-0.15, -0.1) is 0 Å². The summed E-state index contributed by atoms with van der Waals surface area (Å²) >= 11 is 0. The topological polar surface area (TPSA) is 161 Å². The molecule has 192 valence electrons. The van der Waals surface area contributed by atoms with Gasteiger partial charge in [-0.05, 0) is 51.4 Å². The van der Waals surface area contributed by atoms with E-state index in [4.69, 9.17) is 20.3 Å². The Morgan fingerprint density at radius 1 is 1.09 bits per heavy atom. The van der Waals surface area contributed by atoms with Crippen molar-refractivity contribution >= 4 is 23.3 Å². The summed E-state index contributed by atoms with van der Waals surface area (Å²) in [7, 11) is 3.95. The van der Waals surface area contributed by atoms with Crippen LogP contribution in [0.4, 0.5) is 11.5 Å². The quantitative estimate of drug-likeness (QED) is 0.261. The number of nitrogens with zero attached hydrogens (tertiary/aromatic N) is 3. The molecule has 0 saturated heterocycles. The summed E-state index contributed by atoms with van der Waals surface area (Å²) in [5.74, 6) is -0.907. The summed E-state index contributed by atoms with van der Waals surface area (Å²) in [6.45, 7) is 3.93. The van der Waals surface area contributed by atoms with Crippen LogP contribution in [0.3, 0.4) is 0 Å². The van der Waals surface area contributed by atoms with Gasteiger partial charge >= 0.3 is 5.69 Å².